The van der Waals surface area contributed by atoms with Crippen molar-refractivity contribution in [3.05, 3.63) is 39.4 Å². The number of amides is 1. The third kappa shape index (κ3) is 4.10. The van der Waals surface area contributed by atoms with Crippen LogP contribution in [0, 0.1) is 28.9 Å². The first kappa shape index (κ1) is 17.9. The normalized spacial score (nSPS) is 20.5. The van der Waals surface area contributed by atoms with Crippen molar-refractivity contribution in [2.45, 2.75) is 27.2 Å². The molecule has 1 fully saturated rings. The standard InChI is InChI=1S/C17H22N2O5/c1-11-7-12(2)9-18(8-11)15(20)10-24-17(21)14-6-4-5-13(3)16(14)19(22)23/h4-6,11-12H,7-10H2,1-3H3/t11-,12-/m1/s1. The maximum Gasteiger partial charge on any atom is 0.345 e. The quantitative estimate of drug-likeness (QED) is 0.479. The highest BCUT2D eigenvalue weighted by atomic mass is 16.6. The van der Waals surface area contributed by atoms with Crippen LogP contribution in [0.15, 0.2) is 18.2 Å². The maximum atomic E-state index is 12.2. The number of aryl methyl sites for hydroxylation is 1. The SMILES string of the molecule is Cc1cccc(C(=O)OCC(=O)N2C[C@H](C)C[C@@H](C)C2)c1[N+](=O)[O-]. The summed E-state index contributed by atoms with van der Waals surface area (Å²) in [6.07, 6.45) is 1.07. The molecule has 7 nitrogen and oxygen atoms in total. The van der Waals surface area contributed by atoms with Crippen LogP contribution in [-0.4, -0.2) is 41.4 Å². The number of esters is 1. The zero-order valence-corrected chi connectivity index (χ0v) is 14.2. The fraction of sp³-hybridized carbons (Fsp3) is 0.529. The minimum Gasteiger partial charge on any atom is -0.452 e. The van der Waals surface area contributed by atoms with E-state index in [0.717, 1.165) is 6.42 Å². The molecule has 1 aliphatic rings. The van der Waals surface area contributed by atoms with Gasteiger partial charge in [-0.25, -0.2) is 4.79 Å². The number of rotatable bonds is 4. The highest BCUT2D eigenvalue weighted by molar-refractivity contribution is 5.95. The van der Waals surface area contributed by atoms with E-state index in [-0.39, 0.29) is 17.2 Å². The summed E-state index contributed by atoms with van der Waals surface area (Å²) in [6, 6.07) is 4.44. The summed E-state index contributed by atoms with van der Waals surface area (Å²) in [5, 5.41) is 11.1. The number of hydrogen-bond acceptors (Lipinski definition) is 5. The van der Waals surface area contributed by atoms with Gasteiger partial charge in [-0.15, -0.1) is 0 Å². The predicted octanol–water partition coefficient (Wildman–Crippen LogP) is 2.56. The molecule has 1 heterocycles. The fourth-order valence-corrected chi connectivity index (χ4v) is 3.23. The molecule has 2 rings (SSSR count). The van der Waals surface area contributed by atoms with Crippen molar-refractivity contribution >= 4 is 17.6 Å². The number of ether oxygens (including phenoxy) is 1. The molecule has 0 spiro atoms. The number of benzene rings is 1. The smallest absolute Gasteiger partial charge is 0.345 e. The average Bonchev–Trinajstić information content (AvgIpc) is 2.50. The first-order valence-corrected chi connectivity index (χ1v) is 7.98. The van der Waals surface area contributed by atoms with Crippen LogP contribution in [0.5, 0.6) is 0 Å². The maximum absolute atomic E-state index is 12.2. The van der Waals surface area contributed by atoms with Crippen molar-refractivity contribution in [3.63, 3.8) is 0 Å². The Morgan fingerprint density at radius 3 is 2.50 bits per heavy atom. The van der Waals surface area contributed by atoms with Crippen LogP contribution >= 0.6 is 0 Å². The average molecular weight is 334 g/mol. The fourth-order valence-electron chi connectivity index (χ4n) is 3.23. The van der Waals surface area contributed by atoms with Crippen molar-refractivity contribution < 1.29 is 19.2 Å². The van der Waals surface area contributed by atoms with E-state index in [9.17, 15) is 19.7 Å². The molecule has 1 aliphatic heterocycles. The van der Waals surface area contributed by atoms with E-state index in [4.69, 9.17) is 4.74 Å². The lowest BCUT2D eigenvalue weighted by atomic mass is 9.92. The van der Waals surface area contributed by atoms with E-state index in [1.165, 1.54) is 6.07 Å². The minimum atomic E-state index is -0.850. The number of para-hydroxylation sites is 1. The van der Waals surface area contributed by atoms with Crippen LogP contribution in [-0.2, 0) is 9.53 Å². The zero-order chi connectivity index (χ0) is 17.9. The molecule has 130 valence electrons. The molecular weight excluding hydrogens is 312 g/mol. The van der Waals surface area contributed by atoms with Crippen LogP contribution in [0.4, 0.5) is 5.69 Å². The second kappa shape index (κ2) is 7.42. The van der Waals surface area contributed by atoms with Gasteiger partial charge in [-0.1, -0.05) is 26.0 Å². The van der Waals surface area contributed by atoms with Gasteiger partial charge in [-0.3, -0.25) is 14.9 Å². The van der Waals surface area contributed by atoms with E-state index in [1.807, 2.05) is 0 Å². The monoisotopic (exact) mass is 334 g/mol. The summed E-state index contributed by atoms with van der Waals surface area (Å²) >= 11 is 0. The van der Waals surface area contributed by atoms with E-state index in [1.54, 1.807) is 24.0 Å². The topological polar surface area (TPSA) is 89.8 Å². The molecule has 0 aromatic heterocycles. The molecular formula is C17H22N2O5. The van der Waals surface area contributed by atoms with Crippen LogP contribution in [0.1, 0.15) is 36.2 Å². The van der Waals surface area contributed by atoms with E-state index in [0.29, 0.717) is 30.5 Å². The Morgan fingerprint density at radius 1 is 1.29 bits per heavy atom. The van der Waals surface area contributed by atoms with Crippen LogP contribution < -0.4 is 0 Å². The Hall–Kier alpha value is -2.44. The van der Waals surface area contributed by atoms with Gasteiger partial charge in [0.1, 0.15) is 5.56 Å². The molecule has 1 aromatic carbocycles. The second-order valence-electron chi connectivity index (χ2n) is 6.55. The van der Waals surface area contributed by atoms with Crippen molar-refractivity contribution in [2.75, 3.05) is 19.7 Å². The Morgan fingerprint density at radius 2 is 1.92 bits per heavy atom. The summed E-state index contributed by atoms with van der Waals surface area (Å²) in [6.45, 7) is 6.60. The molecule has 24 heavy (non-hydrogen) atoms. The molecule has 7 heteroatoms. The number of likely N-dealkylation sites (tertiary alicyclic amines) is 1. The van der Waals surface area contributed by atoms with Gasteiger partial charge in [0.15, 0.2) is 6.61 Å². The lowest BCUT2D eigenvalue weighted by Gasteiger charge is -2.34. The molecule has 0 aliphatic carbocycles. The van der Waals surface area contributed by atoms with Gasteiger partial charge in [-0.05, 0) is 31.2 Å². The molecule has 2 atom stereocenters. The van der Waals surface area contributed by atoms with Crippen LogP contribution in [0.2, 0.25) is 0 Å². The summed E-state index contributed by atoms with van der Waals surface area (Å²) < 4.78 is 5.02. The summed E-state index contributed by atoms with van der Waals surface area (Å²) in [5.41, 5.74) is -0.0391. The number of nitro groups is 1. The van der Waals surface area contributed by atoms with Crippen molar-refractivity contribution in [1.82, 2.24) is 4.90 Å². The van der Waals surface area contributed by atoms with Gasteiger partial charge in [0, 0.05) is 18.7 Å². The first-order valence-electron chi connectivity index (χ1n) is 7.98. The van der Waals surface area contributed by atoms with Gasteiger partial charge < -0.3 is 9.64 Å². The van der Waals surface area contributed by atoms with Gasteiger partial charge >= 0.3 is 5.97 Å². The van der Waals surface area contributed by atoms with E-state index in [2.05, 4.69) is 13.8 Å². The number of carbonyl (C=O) groups excluding carboxylic acids is 2. The number of carbonyl (C=O) groups is 2. The second-order valence-corrected chi connectivity index (χ2v) is 6.55. The Labute approximate surface area is 140 Å². The Bertz CT molecular complexity index is 648. The number of hydrogen-bond donors (Lipinski definition) is 0. The molecule has 0 N–H and O–H groups in total. The summed E-state index contributed by atoms with van der Waals surface area (Å²) in [4.78, 5) is 36.6. The predicted molar refractivity (Wildman–Crippen MR) is 87.6 cm³/mol. The van der Waals surface area contributed by atoms with Gasteiger partial charge in [-0.2, -0.15) is 0 Å². The van der Waals surface area contributed by atoms with E-state index < -0.39 is 17.5 Å². The molecule has 0 radical (unpaired) electrons. The van der Waals surface area contributed by atoms with Crippen LogP contribution in [0.3, 0.4) is 0 Å². The lowest BCUT2D eigenvalue weighted by Crippen LogP contribution is -2.44. The Kier molecular flexibility index (Phi) is 5.54. The first-order chi connectivity index (χ1) is 11.3. The van der Waals surface area contributed by atoms with Gasteiger partial charge in [0.05, 0.1) is 4.92 Å². The number of nitrogens with zero attached hydrogens (tertiary/aromatic N) is 2. The molecule has 0 unspecified atom stereocenters. The third-order valence-corrected chi connectivity index (χ3v) is 4.19. The van der Waals surface area contributed by atoms with Gasteiger partial charge in [0.25, 0.3) is 11.6 Å². The summed E-state index contributed by atoms with van der Waals surface area (Å²) in [7, 11) is 0. The molecule has 1 amide bonds. The highest BCUT2D eigenvalue weighted by Gasteiger charge is 2.28. The van der Waals surface area contributed by atoms with Gasteiger partial charge in [0.2, 0.25) is 0 Å². The van der Waals surface area contributed by atoms with E-state index >= 15 is 0 Å². The Balaban J connectivity index is 2.02. The third-order valence-electron chi connectivity index (χ3n) is 4.19. The molecule has 1 saturated heterocycles. The molecule has 0 saturated carbocycles. The number of nitro benzene ring substituents is 1. The zero-order valence-electron chi connectivity index (χ0n) is 14.2. The van der Waals surface area contributed by atoms with Crippen molar-refractivity contribution in [2.24, 2.45) is 11.8 Å². The number of piperidine rings is 1. The van der Waals surface area contributed by atoms with Crippen molar-refractivity contribution in [1.29, 1.82) is 0 Å². The molecule has 1 aromatic rings. The molecule has 0 bridgehead atoms. The van der Waals surface area contributed by atoms with Crippen LogP contribution in [0.25, 0.3) is 0 Å². The van der Waals surface area contributed by atoms with Crippen molar-refractivity contribution in [3.8, 4) is 0 Å². The minimum absolute atomic E-state index is 0.131. The highest BCUT2D eigenvalue weighted by Crippen LogP contribution is 2.24. The largest absolute Gasteiger partial charge is 0.452 e. The lowest BCUT2D eigenvalue weighted by molar-refractivity contribution is -0.385. The summed E-state index contributed by atoms with van der Waals surface area (Å²) in [5.74, 6) is -0.300.